The molecule has 0 aromatic carbocycles. The van der Waals surface area contributed by atoms with Crippen molar-refractivity contribution in [1.82, 2.24) is 4.57 Å². The Kier molecular flexibility index (Phi) is 2.27. The lowest BCUT2D eigenvalue weighted by molar-refractivity contribution is 0.377. The van der Waals surface area contributed by atoms with Crippen molar-refractivity contribution in [2.75, 3.05) is 0 Å². The predicted octanol–water partition coefficient (Wildman–Crippen LogP) is 2.51. The maximum absolute atomic E-state index is 9.20. The van der Waals surface area contributed by atoms with E-state index < -0.39 is 0 Å². The van der Waals surface area contributed by atoms with Gasteiger partial charge in [0.25, 0.3) is 0 Å². The van der Waals surface area contributed by atoms with E-state index >= 15 is 0 Å². The molecule has 0 aliphatic heterocycles. The van der Waals surface area contributed by atoms with Crippen molar-refractivity contribution in [3.63, 3.8) is 0 Å². The van der Waals surface area contributed by atoms with Crippen molar-refractivity contribution in [2.24, 2.45) is 7.05 Å². The fraction of sp³-hybridized carbons (Fsp3) is 0.400. The molecule has 0 fully saturated rings. The Balaban J connectivity index is 3.02. The van der Waals surface area contributed by atoms with Gasteiger partial charge < -0.3 is 9.67 Å². The molecule has 12 heavy (non-hydrogen) atoms. The summed E-state index contributed by atoms with van der Waals surface area (Å²) >= 11 is 0. The summed E-state index contributed by atoms with van der Waals surface area (Å²) < 4.78 is 1.99. The van der Waals surface area contributed by atoms with E-state index in [9.17, 15) is 5.11 Å². The third kappa shape index (κ3) is 1.52. The summed E-state index contributed by atoms with van der Waals surface area (Å²) in [7, 11) is 1.98. The van der Waals surface area contributed by atoms with E-state index in [0.717, 1.165) is 5.56 Å². The molecule has 1 atom stereocenters. The maximum atomic E-state index is 9.20. The Morgan fingerprint density at radius 2 is 2.17 bits per heavy atom. The van der Waals surface area contributed by atoms with E-state index in [2.05, 4.69) is 6.58 Å². The Morgan fingerprint density at radius 3 is 2.50 bits per heavy atom. The average Bonchev–Trinajstić information content (AvgIpc) is 2.28. The second-order valence-electron chi connectivity index (χ2n) is 3.28. The van der Waals surface area contributed by atoms with Gasteiger partial charge in [-0.25, -0.2) is 0 Å². The summed E-state index contributed by atoms with van der Waals surface area (Å²) in [6.07, 6.45) is 4.05. The number of aromatic nitrogens is 1. The van der Waals surface area contributed by atoms with Crippen molar-refractivity contribution in [3.05, 3.63) is 35.9 Å². The predicted molar refractivity (Wildman–Crippen MR) is 50.3 cm³/mol. The molecule has 66 valence electrons. The molecule has 1 N–H and O–H groups in total. The highest BCUT2D eigenvalue weighted by Crippen LogP contribution is 2.24. The number of aryl methyl sites for hydroxylation is 2. The quantitative estimate of drug-likeness (QED) is 0.669. The fourth-order valence-electron chi connectivity index (χ4n) is 1.37. The summed E-state index contributed by atoms with van der Waals surface area (Å²) in [6.45, 7) is 7.51. The van der Waals surface area contributed by atoms with Crippen LogP contribution in [0.2, 0.25) is 0 Å². The molecule has 0 aliphatic carbocycles. The molecule has 1 rings (SSSR count). The van der Waals surface area contributed by atoms with Gasteiger partial charge in [0.05, 0.1) is 5.76 Å². The molecule has 0 saturated heterocycles. The molecule has 1 heterocycles. The smallest absolute Gasteiger partial charge is 0.0923 e. The number of rotatable bonds is 2. The van der Waals surface area contributed by atoms with Gasteiger partial charge in [-0.1, -0.05) is 13.5 Å². The van der Waals surface area contributed by atoms with Crippen LogP contribution in [0.25, 0.3) is 0 Å². The monoisotopic (exact) mass is 165 g/mol. The van der Waals surface area contributed by atoms with Crippen LogP contribution in [0.15, 0.2) is 24.7 Å². The fourth-order valence-corrected chi connectivity index (χ4v) is 1.37. The van der Waals surface area contributed by atoms with Gasteiger partial charge in [-0.2, -0.15) is 0 Å². The van der Waals surface area contributed by atoms with Crippen molar-refractivity contribution >= 4 is 0 Å². The molecule has 2 nitrogen and oxygen atoms in total. The average molecular weight is 165 g/mol. The maximum Gasteiger partial charge on any atom is 0.0923 e. The lowest BCUT2D eigenvalue weighted by Crippen LogP contribution is -1.96. The zero-order valence-electron chi connectivity index (χ0n) is 7.83. The van der Waals surface area contributed by atoms with Crippen molar-refractivity contribution < 1.29 is 5.11 Å². The summed E-state index contributed by atoms with van der Waals surface area (Å²) in [5, 5.41) is 9.20. The first-order valence-corrected chi connectivity index (χ1v) is 4.02. The van der Waals surface area contributed by atoms with Crippen molar-refractivity contribution in [3.8, 4) is 0 Å². The van der Waals surface area contributed by atoms with Crippen molar-refractivity contribution in [2.45, 2.75) is 19.8 Å². The highest BCUT2D eigenvalue weighted by molar-refractivity contribution is 5.30. The Hall–Kier alpha value is -1.18. The first kappa shape index (κ1) is 8.91. The number of hydrogen-bond donors (Lipinski definition) is 1. The molecule has 1 aromatic heterocycles. The Morgan fingerprint density at radius 1 is 1.58 bits per heavy atom. The third-order valence-corrected chi connectivity index (χ3v) is 2.16. The van der Waals surface area contributed by atoms with Crippen LogP contribution >= 0.6 is 0 Å². The molecule has 0 amide bonds. The van der Waals surface area contributed by atoms with Gasteiger partial charge in [-0.3, -0.25) is 0 Å². The summed E-state index contributed by atoms with van der Waals surface area (Å²) in [4.78, 5) is 0. The van der Waals surface area contributed by atoms with Gasteiger partial charge in [0.15, 0.2) is 0 Å². The molecule has 1 aromatic rings. The Labute approximate surface area is 73.1 Å². The molecule has 0 spiro atoms. The van der Waals surface area contributed by atoms with E-state index in [1.807, 2.05) is 37.9 Å². The normalized spacial score (nSPS) is 12.9. The largest absolute Gasteiger partial charge is 0.512 e. The molecular formula is C10H15NO. The first-order valence-electron chi connectivity index (χ1n) is 4.02. The molecule has 0 bridgehead atoms. The van der Waals surface area contributed by atoms with Crippen LogP contribution in [0.1, 0.15) is 24.0 Å². The van der Waals surface area contributed by atoms with Gasteiger partial charge in [0, 0.05) is 25.4 Å². The minimum Gasteiger partial charge on any atom is -0.512 e. The highest BCUT2D eigenvalue weighted by Gasteiger charge is 2.12. The van der Waals surface area contributed by atoms with E-state index in [0.29, 0.717) is 0 Å². The van der Waals surface area contributed by atoms with Crippen LogP contribution in [0.3, 0.4) is 0 Å². The van der Waals surface area contributed by atoms with Crippen LogP contribution in [-0.2, 0) is 7.05 Å². The zero-order valence-corrected chi connectivity index (χ0v) is 7.83. The molecule has 0 radical (unpaired) electrons. The first-order chi connectivity index (χ1) is 5.52. The van der Waals surface area contributed by atoms with Gasteiger partial charge in [0.2, 0.25) is 0 Å². The Bertz CT molecular complexity index is 299. The van der Waals surface area contributed by atoms with Crippen LogP contribution < -0.4 is 0 Å². The molecular weight excluding hydrogens is 150 g/mol. The number of nitrogens with zero attached hydrogens (tertiary/aromatic N) is 1. The summed E-state index contributed by atoms with van der Waals surface area (Å²) in [5.74, 6) is 0.260. The van der Waals surface area contributed by atoms with Gasteiger partial charge >= 0.3 is 0 Å². The summed E-state index contributed by atoms with van der Waals surface area (Å²) in [5.41, 5.74) is 2.34. The van der Waals surface area contributed by atoms with E-state index in [1.165, 1.54) is 5.56 Å². The van der Waals surface area contributed by atoms with E-state index in [4.69, 9.17) is 0 Å². The van der Waals surface area contributed by atoms with E-state index in [1.54, 1.807) is 0 Å². The van der Waals surface area contributed by atoms with Gasteiger partial charge in [0.1, 0.15) is 0 Å². The van der Waals surface area contributed by atoms with Crippen LogP contribution in [0.4, 0.5) is 0 Å². The minimum absolute atomic E-state index is 0.0335. The third-order valence-electron chi connectivity index (χ3n) is 2.16. The van der Waals surface area contributed by atoms with E-state index in [-0.39, 0.29) is 11.7 Å². The second-order valence-corrected chi connectivity index (χ2v) is 3.28. The number of aliphatic hydroxyl groups excluding tert-OH is 1. The highest BCUT2D eigenvalue weighted by atomic mass is 16.3. The number of hydrogen-bond acceptors (Lipinski definition) is 1. The van der Waals surface area contributed by atoms with Crippen LogP contribution in [-0.4, -0.2) is 9.67 Å². The molecule has 0 aliphatic rings. The van der Waals surface area contributed by atoms with Crippen LogP contribution in [0.5, 0.6) is 0 Å². The molecule has 2 heteroatoms. The molecule has 0 saturated carbocycles. The van der Waals surface area contributed by atoms with Crippen molar-refractivity contribution in [1.29, 1.82) is 0 Å². The van der Waals surface area contributed by atoms with Crippen LogP contribution in [0, 0.1) is 6.92 Å². The lowest BCUT2D eigenvalue weighted by atomic mass is 10.00. The zero-order chi connectivity index (χ0) is 9.30. The topological polar surface area (TPSA) is 25.2 Å². The van der Waals surface area contributed by atoms with Gasteiger partial charge in [-0.15, -0.1) is 0 Å². The SMILES string of the molecule is C=C(O)C(C)c1cn(C)cc1C. The lowest BCUT2D eigenvalue weighted by Gasteiger charge is -2.08. The minimum atomic E-state index is 0.0335. The number of allylic oxidation sites excluding steroid dienone is 1. The number of aliphatic hydroxyl groups is 1. The second kappa shape index (κ2) is 3.05. The van der Waals surface area contributed by atoms with Gasteiger partial charge in [-0.05, 0) is 18.1 Å². The molecule has 1 unspecified atom stereocenters. The summed E-state index contributed by atoms with van der Waals surface area (Å²) in [6, 6.07) is 0. The standard InChI is InChI=1S/C10H15NO/c1-7-5-11(4)6-10(7)8(2)9(3)12/h5-6,8,12H,3H2,1-2,4H3.